The third-order valence-electron chi connectivity index (χ3n) is 12.8. The van der Waals surface area contributed by atoms with Gasteiger partial charge in [0.15, 0.2) is 0 Å². The molecule has 3 atom stereocenters. The smallest absolute Gasteiger partial charge is 0.306 e. The lowest BCUT2D eigenvalue weighted by Crippen LogP contribution is -2.46. The Balaban J connectivity index is 4.45. The van der Waals surface area contributed by atoms with Gasteiger partial charge in [-0.15, -0.1) is 0 Å². The van der Waals surface area contributed by atoms with Crippen LogP contribution in [0.2, 0.25) is 0 Å². The fourth-order valence-corrected chi connectivity index (χ4v) is 8.60. The van der Waals surface area contributed by atoms with E-state index in [-0.39, 0.29) is 24.9 Å². The molecule has 0 aliphatic rings. The predicted octanol–water partition coefficient (Wildman–Crippen LogP) is 16.7. The fraction of sp³-hybridized carbons (Fsp3) is 0.893. The maximum Gasteiger partial charge on any atom is 0.306 e. The van der Waals surface area contributed by atoms with Crippen molar-refractivity contribution in [1.82, 2.24) is 5.32 Å². The Labute approximate surface area is 386 Å². The molecule has 0 spiro atoms. The first kappa shape index (κ1) is 60.3. The number of rotatable bonds is 50. The first-order chi connectivity index (χ1) is 30.5. The number of aliphatic hydroxyl groups excluding tert-OH is 2. The van der Waals surface area contributed by atoms with Gasteiger partial charge in [-0.1, -0.05) is 257 Å². The fourth-order valence-electron chi connectivity index (χ4n) is 8.60. The molecule has 366 valence electrons. The number of aliphatic hydroxyl groups is 2. The predicted molar refractivity (Wildman–Crippen MR) is 269 cm³/mol. The van der Waals surface area contributed by atoms with Gasteiger partial charge in [0.25, 0.3) is 0 Å². The number of ether oxygens (including phenoxy) is 1. The van der Waals surface area contributed by atoms with Crippen LogP contribution in [0.4, 0.5) is 0 Å². The van der Waals surface area contributed by atoms with Crippen molar-refractivity contribution in [2.24, 2.45) is 0 Å². The SMILES string of the molecule is CCCCCCCCC/C=C/C=C/CCCCCC(=O)OC(CCCCCCCCCCCC)CC(=O)NC(CO)C(O)CCCCCCCCCCCCCCCCCCC. The van der Waals surface area contributed by atoms with Crippen LogP contribution in [0.25, 0.3) is 0 Å². The first-order valence-corrected chi connectivity index (χ1v) is 27.6. The lowest BCUT2D eigenvalue weighted by molar-refractivity contribution is -0.151. The molecule has 3 unspecified atom stereocenters. The maximum atomic E-state index is 13.2. The molecule has 0 rings (SSSR count). The van der Waals surface area contributed by atoms with E-state index in [0.29, 0.717) is 19.3 Å². The van der Waals surface area contributed by atoms with Crippen LogP contribution in [0.1, 0.15) is 297 Å². The molecule has 6 nitrogen and oxygen atoms in total. The summed E-state index contributed by atoms with van der Waals surface area (Å²) in [5.74, 6) is -0.491. The molecule has 6 heteroatoms. The van der Waals surface area contributed by atoms with Gasteiger partial charge in [0.2, 0.25) is 5.91 Å². The molecule has 0 aromatic heterocycles. The summed E-state index contributed by atoms with van der Waals surface area (Å²) in [6.07, 6.45) is 58.2. The number of hydrogen-bond donors (Lipinski definition) is 3. The Kier molecular flexibility index (Phi) is 49.0. The Bertz CT molecular complexity index is 981. The second-order valence-corrected chi connectivity index (χ2v) is 19.0. The van der Waals surface area contributed by atoms with Crippen LogP contribution >= 0.6 is 0 Å². The van der Waals surface area contributed by atoms with E-state index in [4.69, 9.17) is 4.74 Å². The van der Waals surface area contributed by atoms with Crippen LogP contribution in [0.15, 0.2) is 24.3 Å². The number of amides is 1. The molecular weight excluding hydrogens is 767 g/mol. The first-order valence-electron chi connectivity index (χ1n) is 27.6. The number of allylic oxidation sites excluding steroid dienone is 4. The molecule has 62 heavy (non-hydrogen) atoms. The minimum atomic E-state index is -0.788. The minimum absolute atomic E-state index is 0.0722. The van der Waals surface area contributed by atoms with Crippen LogP contribution in [0.5, 0.6) is 0 Å². The molecule has 0 aromatic rings. The van der Waals surface area contributed by atoms with Crippen molar-refractivity contribution in [2.75, 3.05) is 6.61 Å². The van der Waals surface area contributed by atoms with Crippen molar-refractivity contribution in [1.29, 1.82) is 0 Å². The van der Waals surface area contributed by atoms with Crippen LogP contribution in [-0.2, 0) is 14.3 Å². The summed E-state index contributed by atoms with van der Waals surface area (Å²) in [7, 11) is 0. The number of esters is 1. The standard InChI is InChI=1S/C56H107NO5/c1-4-7-10-13-16-19-22-24-26-28-29-31-33-36-39-42-45-48-54(59)53(51-58)57-55(60)50-52(47-44-41-38-35-21-18-15-12-9-6-3)62-56(61)49-46-43-40-37-34-32-30-27-25-23-20-17-14-11-8-5-2/h27,30,32,34,52-54,58-59H,4-26,28-29,31,33,35-51H2,1-3H3,(H,57,60)/b30-27+,34-32+. The topological polar surface area (TPSA) is 95.9 Å². The minimum Gasteiger partial charge on any atom is -0.462 e. The molecule has 0 aliphatic heterocycles. The average molecular weight is 874 g/mol. The Hall–Kier alpha value is -1.66. The molecule has 0 heterocycles. The molecule has 0 bridgehead atoms. The maximum absolute atomic E-state index is 13.2. The molecule has 0 saturated heterocycles. The summed E-state index contributed by atoms with van der Waals surface area (Å²) in [5, 5.41) is 23.8. The van der Waals surface area contributed by atoms with Crippen LogP contribution in [-0.4, -0.2) is 46.9 Å². The number of carbonyl (C=O) groups excluding carboxylic acids is 2. The Morgan fingerprint density at radius 3 is 1.19 bits per heavy atom. The summed E-state index contributed by atoms with van der Waals surface area (Å²) in [6, 6.07) is -0.702. The third kappa shape index (κ3) is 44.9. The van der Waals surface area contributed by atoms with Gasteiger partial charge in [-0.3, -0.25) is 9.59 Å². The molecule has 0 aromatic carbocycles. The van der Waals surface area contributed by atoms with Crippen molar-refractivity contribution in [3.63, 3.8) is 0 Å². The highest BCUT2D eigenvalue weighted by Crippen LogP contribution is 2.18. The number of hydrogen-bond acceptors (Lipinski definition) is 5. The summed E-state index contributed by atoms with van der Waals surface area (Å²) >= 11 is 0. The summed E-state index contributed by atoms with van der Waals surface area (Å²) in [6.45, 7) is 6.49. The van der Waals surface area contributed by atoms with Crippen molar-refractivity contribution >= 4 is 11.9 Å². The highest BCUT2D eigenvalue weighted by Gasteiger charge is 2.24. The van der Waals surface area contributed by atoms with Gasteiger partial charge in [0.1, 0.15) is 6.10 Å². The lowest BCUT2D eigenvalue weighted by atomic mass is 10.0. The van der Waals surface area contributed by atoms with Gasteiger partial charge in [-0.2, -0.15) is 0 Å². The van der Waals surface area contributed by atoms with E-state index in [1.54, 1.807) is 0 Å². The van der Waals surface area contributed by atoms with E-state index >= 15 is 0 Å². The zero-order chi connectivity index (χ0) is 45.2. The summed E-state index contributed by atoms with van der Waals surface area (Å²) in [4.78, 5) is 26.1. The third-order valence-corrected chi connectivity index (χ3v) is 12.8. The molecular formula is C56H107NO5. The number of unbranched alkanes of at least 4 members (excludes halogenated alkanes) is 35. The molecule has 1 amide bonds. The van der Waals surface area contributed by atoms with Crippen molar-refractivity contribution in [3.8, 4) is 0 Å². The number of nitrogens with one attached hydrogen (secondary N) is 1. The quantitative estimate of drug-likeness (QED) is 0.0321. The summed E-state index contributed by atoms with van der Waals surface area (Å²) < 4.78 is 5.92. The Morgan fingerprint density at radius 2 is 0.806 bits per heavy atom. The second kappa shape index (κ2) is 50.3. The van der Waals surface area contributed by atoms with Gasteiger partial charge in [0, 0.05) is 6.42 Å². The van der Waals surface area contributed by atoms with Crippen molar-refractivity contribution in [3.05, 3.63) is 24.3 Å². The van der Waals surface area contributed by atoms with E-state index in [1.807, 2.05) is 0 Å². The Morgan fingerprint density at radius 1 is 0.468 bits per heavy atom. The van der Waals surface area contributed by atoms with Gasteiger partial charge < -0.3 is 20.3 Å². The van der Waals surface area contributed by atoms with Crippen molar-refractivity contribution in [2.45, 2.75) is 315 Å². The van der Waals surface area contributed by atoms with Gasteiger partial charge in [-0.25, -0.2) is 0 Å². The zero-order valence-electron chi connectivity index (χ0n) is 41.8. The van der Waals surface area contributed by atoms with E-state index < -0.39 is 18.2 Å². The molecule has 0 radical (unpaired) electrons. The normalized spacial score (nSPS) is 13.3. The zero-order valence-corrected chi connectivity index (χ0v) is 41.8. The molecule has 0 saturated carbocycles. The highest BCUT2D eigenvalue weighted by molar-refractivity contribution is 5.77. The van der Waals surface area contributed by atoms with Crippen LogP contribution < -0.4 is 5.32 Å². The molecule has 0 fully saturated rings. The van der Waals surface area contributed by atoms with Gasteiger partial charge >= 0.3 is 5.97 Å². The van der Waals surface area contributed by atoms with E-state index in [0.717, 1.165) is 57.8 Å². The number of carbonyl (C=O) groups is 2. The van der Waals surface area contributed by atoms with Gasteiger partial charge in [-0.05, 0) is 51.4 Å². The highest BCUT2D eigenvalue weighted by atomic mass is 16.5. The van der Waals surface area contributed by atoms with Crippen molar-refractivity contribution < 1.29 is 24.5 Å². The second-order valence-electron chi connectivity index (χ2n) is 19.0. The van der Waals surface area contributed by atoms with E-state index in [9.17, 15) is 19.8 Å². The van der Waals surface area contributed by atoms with E-state index in [1.165, 1.54) is 193 Å². The van der Waals surface area contributed by atoms with E-state index in [2.05, 4.69) is 50.4 Å². The largest absolute Gasteiger partial charge is 0.462 e. The van der Waals surface area contributed by atoms with Gasteiger partial charge in [0.05, 0.1) is 25.2 Å². The monoisotopic (exact) mass is 874 g/mol. The van der Waals surface area contributed by atoms with Crippen LogP contribution in [0.3, 0.4) is 0 Å². The van der Waals surface area contributed by atoms with Crippen LogP contribution in [0, 0.1) is 0 Å². The molecule has 3 N–H and O–H groups in total. The lowest BCUT2D eigenvalue weighted by Gasteiger charge is -2.24. The molecule has 0 aliphatic carbocycles. The summed E-state index contributed by atoms with van der Waals surface area (Å²) in [5.41, 5.74) is 0. The average Bonchev–Trinajstić information content (AvgIpc) is 3.26.